The van der Waals surface area contributed by atoms with Crippen LogP contribution in [-0.2, 0) is 16.6 Å². The second kappa shape index (κ2) is 9.21. The number of benzene rings is 1. The summed E-state index contributed by atoms with van der Waals surface area (Å²) in [6, 6.07) is 4.44. The zero-order valence-corrected chi connectivity index (χ0v) is 19.0. The molecule has 0 aliphatic carbocycles. The molecule has 0 radical (unpaired) electrons. The molecule has 0 aliphatic heterocycles. The van der Waals surface area contributed by atoms with Crippen molar-refractivity contribution in [2.45, 2.75) is 38.6 Å². The van der Waals surface area contributed by atoms with Crippen molar-refractivity contribution in [1.29, 1.82) is 0 Å². The number of H-pyrrole nitrogens is 1. The molecule has 0 saturated heterocycles. The summed E-state index contributed by atoms with van der Waals surface area (Å²) in [4.78, 5) is 20.3. The van der Waals surface area contributed by atoms with Gasteiger partial charge in [-0.3, -0.25) is 4.79 Å². The average molecular weight is 449 g/mol. The SMILES string of the molecule is CCCn1cc(C)c2c(=O)[nH]c(-c3cc(S(=O)(=O)N(C)CCO)ccc3OCC)nc21. The lowest BCUT2D eigenvalue weighted by atomic mass is 10.1. The highest BCUT2D eigenvalue weighted by molar-refractivity contribution is 7.89. The molecular formula is C21H28N4O5S. The number of hydrogen-bond acceptors (Lipinski definition) is 6. The van der Waals surface area contributed by atoms with Gasteiger partial charge >= 0.3 is 0 Å². The first kappa shape index (κ1) is 23.0. The minimum Gasteiger partial charge on any atom is -0.493 e. The second-order valence-corrected chi connectivity index (χ2v) is 9.30. The summed E-state index contributed by atoms with van der Waals surface area (Å²) in [6.07, 6.45) is 2.77. The minimum absolute atomic E-state index is 0.0183. The lowest BCUT2D eigenvalue weighted by Crippen LogP contribution is -2.29. The van der Waals surface area contributed by atoms with Crippen LogP contribution in [0.15, 0.2) is 34.1 Å². The van der Waals surface area contributed by atoms with E-state index in [2.05, 4.69) is 9.97 Å². The van der Waals surface area contributed by atoms with Gasteiger partial charge < -0.3 is 19.4 Å². The fourth-order valence-electron chi connectivity index (χ4n) is 3.50. The van der Waals surface area contributed by atoms with Gasteiger partial charge in [0, 0.05) is 26.3 Å². The highest BCUT2D eigenvalue weighted by Gasteiger charge is 2.23. The van der Waals surface area contributed by atoms with Crippen molar-refractivity contribution in [1.82, 2.24) is 18.8 Å². The number of ether oxygens (including phenoxy) is 1. The van der Waals surface area contributed by atoms with Crippen molar-refractivity contribution in [2.75, 3.05) is 26.8 Å². The number of aromatic nitrogens is 3. The van der Waals surface area contributed by atoms with Crippen molar-refractivity contribution in [2.24, 2.45) is 0 Å². The van der Waals surface area contributed by atoms with E-state index >= 15 is 0 Å². The molecule has 3 aromatic rings. The molecule has 0 spiro atoms. The molecule has 0 aliphatic rings. The van der Waals surface area contributed by atoms with Crippen LogP contribution >= 0.6 is 0 Å². The van der Waals surface area contributed by atoms with E-state index in [1.54, 1.807) is 6.07 Å². The van der Waals surface area contributed by atoms with E-state index in [0.717, 1.165) is 16.3 Å². The topological polar surface area (TPSA) is 118 Å². The van der Waals surface area contributed by atoms with Crippen LogP contribution in [0, 0.1) is 6.92 Å². The van der Waals surface area contributed by atoms with Crippen molar-refractivity contribution in [3.8, 4) is 17.1 Å². The van der Waals surface area contributed by atoms with Gasteiger partial charge in [-0.25, -0.2) is 13.4 Å². The Morgan fingerprint density at radius 2 is 2.03 bits per heavy atom. The van der Waals surface area contributed by atoms with Gasteiger partial charge in [-0.15, -0.1) is 0 Å². The average Bonchev–Trinajstić information content (AvgIpc) is 3.04. The fourth-order valence-corrected chi connectivity index (χ4v) is 4.69. The largest absolute Gasteiger partial charge is 0.493 e. The third-order valence-corrected chi connectivity index (χ3v) is 6.86. The van der Waals surface area contributed by atoms with E-state index in [1.165, 1.54) is 19.2 Å². The molecule has 1 aromatic carbocycles. The van der Waals surface area contributed by atoms with E-state index in [0.29, 0.717) is 35.5 Å². The number of hydrogen-bond donors (Lipinski definition) is 2. The van der Waals surface area contributed by atoms with Crippen LogP contribution < -0.4 is 10.3 Å². The van der Waals surface area contributed by atoms with Crippen LogP contribution in [0.2, 0.25) is 0 Å². The first-order chi connectivity index (χ1) is 14.7. The second-order valence-electron chi connectivity index (χ2n) is 7.26. The van der Waals surface area contributed by atoms with Gasteiger partial charge in [0.2, 0.25) is 10.0 Å². The Morgan fingerprint density at radius 3 is 2.68 bits per heavy atom. The normalized spacial score (nSPS) is 12.1. The molecule has 0 fully saturated rings. The molecule has 9 nitrogen and oxygen atoms in total. The summed E-state index contributed by atoms with van der Waals surface area (Å²) < 4.78 is 34.4. The molecule has 2 aromatic heterocycles. The molecule has 168 valence electrons. The Morgan fingerprint density at radius 1 is 1.29 bits per heavy atom. The number of aryl methyl sites for hydroxylation is 2. The number of nitrogens with one attached hydrogen (secondary N) is 1. The zero-order chi connectivity index (χ0) is 22.8. The van der Waals surface area contributed by atoms with Crippen LogP contribution in [-0.4, -0.2) is 59.2 Å². The van der Waals surface area contributed by atoms with E-state index in [1.807, 2.05) is 31.5 Å². The quantitative estimate of drug-likeness (QED) is 0.518. The van der Waals surface area contributed by atoms with Crippen molar-refractivity contribution in [3.63, 3.8) is 0 Å². The number of aliphatic hydroxyl groups excluding tert-OH is 1. The molecule has 0 amide bonds. The summed E-state index contributed by atoms with van der Waals surface area (Å²) in [5.74, 6) is 0.650. The fraction of sp³-hybridized carbons (Fsp3) is 0.429. The number of nitrogens with zero attached hydrogens (tertiary/aromatic N) is 3. The van der Waals surface area contributed by atoms with Gasteiger partial charge in [0.15, 0.2) is 0 Å². The number of fused-ring (bicyclic) bond motifs is 1. The Labute approximate surface area is 181 Å². The van der Waals surface area contributed by atoms with Crippen molar-refractivity contribution < 1.29 is 18.3 Å². The Kier molecular flexibility index (Phi) is 6.83. The van der Waals surface area contributed by atoms with E-state index in [-0.39, 0.29) is 29.4 Å². The van der Waals surface area contributed by atoms with Crippen molar-refractivity contribution in [3.05, 3.63) is 40.3 Å². The first-order valence-corrected chi connectivity index (χ1v) is 11.6. The van der Waals surface area contributed by atoms with Crippen LogP contribution in [0.4, 0.5) is 0 Å². The number of likely N-dealkylation sites (N-methyl/N-ethyl adjacent to an activating group) is 1. The van der Waals surface area contributed by atoms with E-state index in [4.69, 9.17) is 9.84 Å². The summed E-state index contributed by atoms with van der Waals surface area (Å²) in [5.41, 5.74) is 1.46. The summed E-state index contributed by atoms with van der Waals surface area (Å²) in [7, 11) is -2.44. The van der Waals surface area contributed by atoms with Gasteiger partial charge in [-0.1, -0.05) is 6.92 Å². The van der Waals surface area contributed by atoms with Crippen LogP contribution in [0.5, 0.6) is 5.75 Å². The van der Waals surface area contributed by atoms with Gasteiger partial charge in [0.25, 0.3) is 5.56 Å². The molecular weight excluding hydrogens is 420 g/mol. The maximum atomic E-state index is 12.9. The zero-order valence-electron chi connectivity index (χ0n) is 18.2. The van der Waals surface area contributed by atoms with E-state index in [9.17, 15) is 13.2 Å². The predicted octanol–water partition coefficient (Wildman–Crippen LogP) is 2.12. The van der Waals surface area contributed by atoms with Crippen LogP contribution in [0.25, 0.3) is 22.4 Å². The van der Waals surface area contributed by atoms with Crippen molar-refractivity contribution >= 4 is 21.1 Å². The lowest BCUT2D eigenvalue weighted by Gasteiger charge is -2.17. The highest BCUT2D eigenvalue weighted by atomic mass is 32.2. The molecule has 0 atom stereocenters. The molecule has 0 unspecified atom stereocenters. The molecule has 31 heavy (non-hydrogen) atoms. The maximum absolute atomic E-state index is 12.9. The predicted molar refractivity (Wildman–Crippen MR) is 119 cm³/mol. The van der Waals surface area contributed by atoms with Crippen LogP contribution in [0.3, 0.4) is 0 Å². The Bertz CT molecular complexity index is 1250. The van der Waals surface area contributed by atoms with Crippen LogP contribution in [0.1, 0.15) is 25.8 Å². The van der Waals surface area contributed by atoms with Gasteiger partial charge in [0.05, 0.1) is 29.1 Å². The third kappa shape index (κ3) is 4.36. The number of aliphatic hydroxyl groups is 1. The minimum atomic E-state index is -3.84. The Balaban J connectivity index is 2.24. The summed E-state index contributed by atoms with van der Waals surface area (Å²) >= 11 is 0. The molecule has 2 N–H and O–H groups in total. The smallest absolute Gasteiger partial charge is 0.260 e. The van der Waals surface area contributed by atoms with E-state index < -0.39 is 10.0 Å². The standard InChI is InChI=1S/C21H28N4O5S/c1-5-9-25-13-14(3)18-20(25)22-19(23-21(18)27)16-12-15(7-8-17(16)30-6-2)31(28,29)24(4)10-11-26/h7-8,12-13,26H,5-6,9-11H2,1-4H3,(H,22,23,27). The monoisotopic (exact) mass is 448 g/mol. The first-order valence-electron chi connectivity index (χ1n) is 10.2. The third-order valence-electron chi connectivity index (χ3n) is 5.01. The van der Waals surface area contributed by atoms with Gasteiger partial charge in [-0.2, -0.15) is 4.31 Å². The number of rotatable bonds is 9. The lowest BCUT2D eigenvalue weighted by molar-refractivity contribution is 0.266. The summed E-state index contributed by atoms with van der Waals surface area (Å²) in [5, 5.41) is 9.63. The summed E-state index contributed by atoms with van der Waals surface area (Å²) in [6.45, 7) is 6.47. The Hall–Kier alpha value is -2.69. The molecule has 2 heterocycles. The highest BCUT2D eigenvalue weighted by Crippen LogP contribution is 2.32. The molecule has 3 rings (SSSR count). The van der Waals surface area contributed by atoms with Gasteiger partial charge in [0.1, 0.15) is 17.2 Å². The molecule has 0 saturated carbocycles. The number of aromatic amines is 1. The molecule has 10 heteroatoms. The van der Waals surface area contributed by atoms with Gasteiger partial charge in [-0.05, 0) is 44.0 Å². The molecule has 0 bridgehead atoms. The number of sulfonamides is 1. The maximum Gasteiger partial charge on any atom is 0.260 e.